The second-order valence-electron chi connectivity index (χ2n) is 9.21. The van der Waals surface area contributed by atoms with Crippen molar-refractivity contribution >= 4 is 18.1 Å². The molecule has 0 saturated heterocycles. The summed E-state index contributed by atoms with van der Waals surface area (Å²) in [7, 11) is 0. The first-order chi connectivity index (χ1) is 14.0. The highest BCUT2D eigenvalue weighted by molar-refractivity contribution is 5.90. The lowest BCUT2D eigenvalue weighted by Crippen LogP contribution is -2.46. The number of carbonyl (C=O) groups is 2. The lowest BCUT2D eigenvalue weighted by Gasteiger charge is -2.57. The molecule has 0 heterocycles. The monoisotopic (exact) mass is 398 g/mol. The Morgan fingerprint density at radius 2 is 1.69 bits per heavy atom. The fourth-order valence-electron chi connectivity index (χ4n) is 6.14. The maximum absolute atomic E-state index is 12.1. The zero-order chi connectivity index (χ0) is 20.3. The van der Waals surface area contributed by atoms with Gasteiger partial charge in [0.15, 0.2) is 0 Å². The second kappa shape index (κ2) is 8.57. The molecule has 4 aliphatic rings. The molecule has 2 amide bonds. The van der Waals surface area contributed by atoms with Crippen molar-refractivity contribution in [2.24, 2.45) is 23.2 Å². The van der Waals surface area contributed by atoms with Crippen LogP contribution >= 0.6 is 0 Å². The summed E-state index contributed by atoms with van der Waals surface area (Å²) in [6.45, 7) is 0.909. The molecule has 29 heavy (non-hydrogen) atoms. The number of benzene rings is 1. The van der Waals surface area contributed by atoms with E-state index in [2.05, 4.69) is 5.32 Å². The van der Waals surface area contributed by atoms with Crippen LogP contribution in [0.2, 0.25) is 0 Å². The number of hydrogen-bond acceptors (Lipinski definition) is 4. The van der Waals surface area contributed by atoms with Crippen LogP contribution in [0.15, 0.2) is 30.3 Å². The Morgan fingerprint density at radius 1 is 1.07 bits per heavy atom. The summed E-state index contributed by atoms with van der Waals surface area (Å²) in [5.41, 5.74) is 3.76. The largest absolute Gasteiger partial charge is 0.450 e. The molecule has 4 fully saturated rings. The Balaban J connectivity index is 1.18. The summed E-state index contributed by atoms with van der Waals surface area (Å²) in [6, 6.07) is 7.45. The van der Waals surface area contributed by atoms with Crippen LogP contribution in [0.4, 0.5) is 4.79 Å². The van der Waals surface area contributed by atoms with Crippen LogP contribution in [0.3, 0.4) is 0 Å². The number of hydrogen-bond donors (Lipinski definition) is 3. The van der Waals surface area contributed by atoms with E-state index in [1.54, 1.807) is 11.6 Å². The fourth-order valence-corrected chi connectivity index (χ4v) is 6.14. The summed E-state index contributed by atoms with van der Waals surface area (Å²) in [5.74, 6) is 2.19. The third-order valence-corrected chi connectivity index (χ3v) is 6.98. The van der Waals surface area contributed by atoms with E-state index in [-0.39, 0.29) is 6.09 Å². The lowest BCUT2D eigenvalue weighted by molar-refractivity contribution is -0.124. The molecule has 6 nitrogen and oxygen atoms in total. The molecule has 0 aromatic heterocycles. The molecule has 0 spiro atoms. The van der Waals surface area contributed by atoms with Gasteiger partial charge in [0.25, 0.3) is 5.91 Å². The van der Waals surface area contributed by atoms with E-state index in [4.69, 9.17) is 9.94 Å². The number of rotatable bonds is 7. The highest BCUT2D eigenvalue weighted by Gasteiger charge is 2.50. The van der Waals surface area contributed by atoms with Crippen molar-refractivity contribution in [1.29, 1.82) is 0 Å². The van der Waals surface area contributed by atoms with Crippen LogP contribution in [0.5, 0.6) is 0 Å². The standard InChI is InChI=1S/C23H30N2O4/c26-21(25-28)6-5-16-1-3-17(4-2-16)15-24-22(27)29-8-7-23-12-18-9-19(13-23)11-20(10-18)14-23/h1-6,18-20,28H,7-15H2,(H,24,27)(H,25,26)/b6-5+. The number of alkyl carbamates (subject to hydrolysis) is 1. The molecule has 0 aliphatic heterocycles. The number of hydroxylamine groups is 1. The molecule has 0 radical (unpaired) electrons. The number of carbonyl (C=O) groups excluding carboxylic acids is 2. The smallest absolute Gasteiger partial charge is 0.407 e. The first-order valence-electron chi connectivity index (χ1n) is 10.7. The highest BCUT2D eigenvalue weighted by Crippen LogP contribution is 2.61. The predicted molar refractivity (Wildman–Crippen MR) is 109 cm³/mol. The molecule has 0 atom stereocenters. The van der Waals surface area contributed by atoms with E-state index >= 15 is 0 Å². The molecule has 1 aromatic carbocycles. The van der Waals surface area contributed by atoms with Crippen molar-refractivity contribution in [3.05, 3.63) is 41.5 Å². The van der Waals surface area contributed by atoms with E-state index in [1.807, 2.05) is 24.3 Å². The van der Waals surface area contributed by atoms with Crippen LogP contribution in [0.25, 0.3) is 6.08 Å². The van der Waals surface area contributed by atoms with E-state index in [0.29, 0.717) is 18.6 Å². The van der Waals surface area contributed by atoms with Gasteiger partial charge < -0.3 is 10.1 Å². The van der Waals surface area contributed by atoms with Gasteiger partial charge in [-0.1, -0.05) is 24.3 Å². The van der Waals surface area contributed by atoms with Gasteiger partial charge in [0.1, 0.15) is 0 Å². The van der Waals surface area contributed by atoms with Crippen molar-refractivity contribution in [3.63, 3.8) is 0 Å². The van der Waals surface area contributed by atoms with Gasteiger partial charge in [-0.25, -0.2) is 10.3 Å². The maximum Gasteiger partial charge on any atom is 0.407 e. The zero-order valence-corrected chi connectivity index (χ0v) is 16.7. The molecule has 1 aromatic rings. The first-order valence-corrected chi connectivity index (χ1v) is 10.7. The minimum Gasteiger partial charge on any atom is -0.450 e. The SMILES string of the molecule is O=C(/C=C/c1ccc(CNC(=O)OCCC23CC4CC(CC(C4)C2)C3)cc1)NO. The molecule has 4 bridgehead atoms. The zero-order valence-electron chi connectivity index (χ0n) is 16.7. The molecular formula is C23H30N2O4. The third-order valence-electron chi connectivity index (χ3n) is 6.98. The minimum absolute atomic E-state index is 0.363. The molecule has 6 heteroatoms. The minimum atomic E-state index is -0.577. The summed E-state index contributed by atoms with van der Waals surface area (Å²) in [4.78, 5) is 23.1. The normalized spacial score (nSPS) is 29.8. The summed E-state index contributed by atoms with van der Waals surface area (Å²) < 4.78 is 5.47. The van der Waals surface area contributed by atoms with Crippen molar-refractivity contribution in [3.8, 4) is 0 Å². The Hall–Kier alpha value is -2.34. The average Bonchev–Trinajstić information content (AvgIpc) is 2.70. The molecule has 0 unspecified atom stereocenters. The summed E-state index contributed by atoms with van der Waals surface area (Å²) in [6.07, 6.45) is 11.8. The van der Waals surface area contributed by atoms with E-state index < -0.39 is 5.91 Å². The average molecular weight is 399 g/mol. The number of ether oxygens (including phenoxy) is 1. The summed E-state index contributed by atoms with van der Waals surface area (Å²) >= 11 is 0. The Labute approximate surface area is 171 Å². The van der Waals surface area contributed by atoms with Gasteiger partial charge >= 0.3 is 6.09 Å². The van der Waals surface area contributed by atoms with E-state index in [9.17, 15) is 9.59 Å². The first kappa shape index (κ1) is 20.0. The van der Waals surface area contributed by atoms with Crippen LogP contribution < -0.4 is 10.8 Å². The van der Waals surface area contributed by atoms with Gasteiger partial charge in [-0.2, -0.15) is 0 Å². The van der Waals surface area contributed by atoms with E-state index in [0.717, 1.165) is 35.3 Å². The Bertz CT molecular complexity index is 736. The highest BCUT2D eigenvalue weighted by atomic mass is 16.5. The van der Waals surface area contributed by atoms with Crippen molar-refractivity contribution < 1.29 is 19.5 Å². The second-order valence-corrected chi connectivity index (χ2v) is 9.21. The van der Waals surface area contributed by atoms with Gasteiger partial charge in [0.05, 0.1) is 6.61 Å². The Morgan fingerprint density at radius 3 is 2.28 bits per heavy atom. The van der Waals surface area contributed by atoms with Crippen LogP contribution in [0.1, 0.15) is 56.1 Å². The van der Waals surface area contributed by atoms with Crippen molar-refractivity contribution in [1.82, 2.24) is 10.8 Å². The lowest BCUT2D eigenvalue weighted by atomic mass is 9.49. The van der Waals surface area contributed by atoms with Crippen LogP contribution in [-0.4, -0.2) is 23.8 Å². The van der Waals surface area contributed by atoms with Gasteiger partial charge in [-0.15, -0.1) is 0 Å². The molecular weight excluding hydrogens is 368 g/mol. The third kappa shape index (κ3) is 4.99. The Kier molecular flexibility index (Phi) is 5.90. The van der Waals surface area contributed by atoms with Gasteiger partial charge in [-0.3, -0.25) is 10.0 Å². The van der Waals surface area contributed by atoms with Crippen molar-refractivity contribution in [2.45, 2.75) is 51.5 Å². The van der Waals surface area contributed by atoms with Crippen LogP contribution in [0, 0.1) is 23.2 Å². The fraction of sp³-hybridized carbons (Fsp3) is 0.565. The summed E-state index contributed by atoms with van der Waals surface area (Å²) in [5, 5.41) is 11.3. The molecule has 5 rings (SSSR count). The molecule has 156 valence electrons. The molecule has 4 aliphatic carbocycles. The quantitative estimate of drug-likeness (QED) is 0.367. The predicted octanol–water partition coefficient (Wildman–Crippen LogP) is 4.04. The van der Waals surface area contributed by atoms with Gasteiger partial charge in [0.2, 0.25) is 0 Å². The van der Waals surface area contributed by atoms with Gasteiger partial charge in [0, 0.05) is 12.6 Å². The van der Waals surface area contributed by atoms with E-state index in [1.165, 1.54) is 44.6 Å². The van der Waals surface area contributed by atoms with Crippen LogP contribution in [-0.2, 0) is 16.1 Å². The number of amides is 2. The molecule has 4 saturated carbocycles. The van der Waals surface area contributed by atoms with Gasteiger partial charge in [-0.05, 0) is 85.3 Å². The molecule has 3 N–H and O–H groups in total. The number of nitrogens with one attached hydrogen (secondary N) is 2. The topological polar surface area (TPSA) is 87.7 Å². The van der Waals surface area contributed by atoms with Crippen molar-refractivity contribution in [2.75, 3.05) is 6.61 Å². The maximum atomic E-state index is 12.1.